The van der Waals surface area contributed by atoms with Crippen LogP contribution < -0.4 is 4.74 Å². The predicted octanol–water partition coefficient (Wildman–Crippen LogP) is 6.82. The second-order valence-electron chi connectivity index (χ2n) is 7.84. The minimum absolute atomic E-state index is 0.105. The third kappa shape index (κ3) is 3.58. The summed E-state index contributed by atoms with van der Waals surface area (Å²) in [4.78, 5) is 0. The lowest BCUT2D eigenvalue weighted by Crippen LogP contribution is -2.41. The second-order valence-corrected chi connectivity index (χ2v) is 7.84. The van der Waals surface area contributed by atoms with Crippen molar-refractivity contribution in [3.63, 3.8) is 0 Å². The molecule has 3 atom stereocenters. The predicted molar refractivity (Wildman–Crippen MR) is 103 cm³/mol. The Kier molecular flexibility index (Phi) is 5.55. The van der Waals surface area contributed by atoms with E-state index in [0.717, 1.165) is 6.07 Å². The van der Waals surface area contributed by atoms with E-state index in [0.29, 0.717) is 17.6 Å². The number of rotatable bonds is 5. The first-order chi connectivity index (χ1) is 12.4. The molecule has 0 heterocycles. The quantitative estimate of drug-likeness (QED) is 0.637. The van der Waals surface area contributed by atoms with Crippen molar-refractivity contribution < 1.29 is 14.2 Å². The number of ether oxygens (including phenoxy) is 1. The van der Waals surface area contributed by atoms with Crippen molar-refractivity contribution in [3.8, 4) is 17.2 Å². The standard InChI is InChI=1S/C23H29FO2/c1-4-6-17-8-5-7-16(2)23(17,3)18-9-12-20(13-10-18)26-22-14-11-19(25)15-21(22)24/h9-17,25H,4-8H2,1-3H3. The van der Waals surface area contributed by atoms with Gasteiger partial charge in [0.15, 0.2) is 11.6 Å². The van der Waals surface area contributed by atoms with Crippen molar-refractivity contribution in [2.24, 2.45) is 11.8 Å². The maximum Gasteiger partial charge on any atom is 0.169 e. The first-order valence-electron chi connectivity index (χ1n) is 9.72. The van der Waals surface area contributed by atoms with Crippen LogP contribution in [0.1, 0.15) is 58.4 Å². The van der Waals surface area contributed by atoms with Crippen molar-refractivity contribution in [2.45, 2.75) is 58.3 Å². The summed E-state index contributed by atoms with van der Waals surface area (Å²) in [6.07, 6.45) is 6.37. The number of halogens is 1. The van der Waals surface area contributed by atoms with Gasteiger partial charge in [0.2, 0.25) is 0 Å². The van der Waals surface area contributed by atoms with Crippen LogP contribution in [0.15, 0.2) is 42.5 Å². The summed E-state index contributed by atoms with van der Waals surface area (Å²) in [5.41, 5.74) is 1.53. The van der Waals surface area contributed by atoms with Crippen molar-refractivity contribution in [1.82, 2.24) is 0 Å². The third-order valence-electron chi connectivity index (χ3n) is 6.32. The molecule has 0 saturated heterocycles. The van der Waals surface area contributed by atoms with Gasteiger partial charge in [-0.05, 0) is 66.3 Å². The molecule has 2 aromatic carbocycles. The van der Waals surface area contributed by atoms with Gasteiger partial charge in [-0.15, -0.1) is 0 Å². The van der Waals surface area contributed by atoms with E-state index in [2.05, 4.69) is 32.9 Å². The lowest BCUT2D eigenvalue weighted by atomic mass is 9.57. The molecule has 1 saturated carbocycles. The fourth-order valence-corrected chi connectivity index (χ4v) is 4.57. The zero-order valence-corrected chi connectivity index (χ0v) is 16.0. The van der Waals surface area contributed by atoms with Crippen LogP contribution in [0.4, 0.5) is 4.39 Å². The molecule has 3 unspecified atom stereocenters. The van der Waals surface area contributed by atoms with Gasteiger partial charge >= 0.3 is 0 Å². The number of phenolic OH excluding ortho intramolecular Hbond substituents is 1. The molecule has 0 spiro atoms. The molecule has 0 radical (unpaired) electrons. The number of phenols is 1. The van der Waals surface area contributed by atoms with E-state index in [1.54, 1.807) is 0 Å². The van der Waals surface area contributed by atoms with Crippen molar-refractivity contribution >= 4 is 0 Å². The van der Waals surface area contributed by atoms with Crippen LogP contribution >= 0.6 is 0 Å². The molecule has 3 heteroatoms. The molecular formula is C23H29FO2. The summed E-state index contributed by atoms with van der Waals surface area (Å²) in [6, 6.07) is 12.1. The minimum atomic E-state index is -0.565. The molecule has 2 nitrogen and oxygen atoms in total. The van der Waals surface area contributed by atoms with Crippen LogP contribution in [-0.2, 0) is 5.41 Å². The van der Waals surface area contributed by atoms with Crippen LogP contribution in [-0.4, -0.2) is 5.11 Å². The largest absolute Gasteiger partial charge is 0.508 e. The summed E-state index contributed by atoms with van der Waals surface area (Å²) in [6.45, 7) is 7.05. The van der Waals surface area contributed by atoms with E-state index in [-0.39, 0.29) is 16.9 Å². The molecule has 1 aliphatic carbocycles. The zero-order valence-electron chi connectivity index (χ0n) is 16.0. The Balaban J connectivity index is 1.83. The maximum absolute atomic E-state index is 13.9. The lowest BCUT2D eigenvalue weighted by Gasteiger charge is -2.47. The van der Waals surface area contributed by atoms with Gasteiger partial charge in [0.05, 0.1) is 0 Å². The van der Waals surface area contributed by atoms with Crippen LogP contribution in [0.5, 0.6) is 17.2 Å². The Morgan fingerprint density at radius 2 is 1.88 bits per heavy atom. The van der Waals surface area contributed by atoms with Gasteiger partial charge in [0.1, 0.15) is 11.5 Å². The van der Waals surface area contributed by atoms with E-state index in [1.807, 2.05) is 12.1 Å². The molecule has 0 aliphatic heterocycles. The highest BCUT2D eigenvalue weighted by molar-refractivity contribution is 5.39. The van der Waals surface area contributed by atoms with Crippen LogP contribution in [0.3, 0.4) is 0 Å². The summed E-state index contributed by atoms with van der Waals surface area (Å²) in [5, 5.41) is 9.31. The Morgan fingerprint density at radius 3 is 2.54 bits per heavy atom. The summed E-state index contributed by atoms with van der Waals surface area (Å²) in [7, 11) is 0. The van der Waals surface area contributed by atoms with Crippen molar-refractivity contribution in [1.29, 1.82) is 0 Å². The maximum atomic E-state index is 13.9. The number of hydrogen-bond acceptors (Lipinski definition) is 2. The Hall–Kier alpha value is -2.03. The SMILES string of the molecule is CCCC1CCCC(C)C1(C)c1ccc(Oc2ccc(O)cc2F)cc1. The molecule has 0 amide bonds. The van der Waals surface area contributed by atoms with E-state index in [9.17, 15) is 9.50 Å². The normalized spacial score (nSPS) is 25.8. The zero-order chi connectivity index (χ0) is 18.7. The molecule has 26 heavy (non-hydrogen) atoms. The van der Waals surface area contributed by atoms with Gasteiger partial charge in [-0.1, -0.05) is 45.7 Å². The van der Waals surface area contributed by atoms with Crippen LogP contribution in [0.25, 0.3) is 0 Å². The van der Waals surface area contributed by atoms with Crippen molar-refractivity contribution in [2.75, 3.05) is 0 Å². The molecular weight excluding hydrogens is 327 g/mol. The number of aromatic hydroxyl groups is 1. The molecule has 0 bridgehead atoms. The van der Waals surface area contributed by atoms with Crippen molar-refractivity contribution in [3.05, 3.63) is 53.8 Å². The van der Waals surface area contributed by atoms with E-state index >= 15 is 0 Å². The number of benzene rings is 2. The molecule has 2 aromatic rings. The van der Waals surface area contributed by atoms with Gasteiger partial charge in [0.25, 0.3) is 0 Å². The van der Waals surface area contributed by atoms with E-state index in [1.165, 1.54) is 49.8 Å². The molecule has 3 rings (SSSR count). The smallest absolute Gasteiger partial charge is 0.169 e. The Bertz CT molecular complexity index is 738. The molecule has 1 fully saturated rings. The fraction of sp³-hybridized carbons (Fsp3) is 0.478. The molecule has 1 N–H and O–H groups in total. The Labute approximate surface area is 156 Å². The van der Waals surface area contributed by atoms with Gasteiger partial charge in [-0.2, -0.15) is 0 Å². The summed E-state index contributed by atoms with van der Waals surface area (Å²) >= 11 is 0. The summed E-state index contributed by atoms with van der Waals surface area (Å²) in [5.74, 6) is 1.41. The van der Waals surface area contributed by atoms with Crippen LogP contribution in [0, 0.1) is 17.7 Å². The first kappa shape index (κ1) is 18.8. The first-order valence-corrected chi connectivity index (χ1v) is 9.72. The third-order valence-corrected chi connectivity index (χ3v) is 6.32. The molecule has 1 aliphatic rings. The minimum Gasteiger partial charge on any atom is -0.508 e. The monoisotopic (exact) mass is 356 g/mol. The average Bonchev–Trinajstić information content (AvgIpc) is 2.62. The highest BCUT2D eigenvalue weighted by Crippen LogP contribution is 2.49. The second kappa shape index (κ2) is 7.69. The highest BCUT2D eigenvalue weighted by Gasteiger charge is 2.42. The van der Waals surface area contributed by atoms with E-state index < -0.39 is 5.82 Å². The fourth-order valence-electron chi connectivity index (χ4n) is 4.57. The lowest BCUT2D eigenvalue weighted by molar-refractivity contribution is 0.124. The average molecular weight is 356 g/mol. The van der Waals surface area contributed by atoms with Gasteiger partial charge in [-0.25, -0.2) is 4.39 Å². The molecule has 140 valence electrons. The highest BCUT2D eigenvalue weighted by atomic mass is 19.1. The van der Waals surface area contributed by atoms with Gasteiger partial charge < -0.3 is 9.84 Å². The molecule has 0 aromatic heterocycles. The number of hydrogen-bond donors (Lipinski definition) is 1. The van der Waals surface area contributed by atoms with Gasteiger partial charge in [-0.3, -0.25) is 0 Å². The van der Waals surface area contributed by atoms with E-state index in [4.69, 9.17) is 4.74 Å². The van der Waals surface area contributed by atoms with Crippen LogP contribution in [0.2, 0.25) is 0 Å². The van der Waals surface area contributed by atoms with Gasteiger partial charge in [0, 0.05) is 6.07 Å². The summed E-state index contributed by atoms with van der Waals surface area (Å²) < 4.78 is 19.5. The topological polar surface area (TPSA) is 29.5 Å². The Morgan fingerprint density at radius 1 is 1.15 bits per heavy atom.